The first kappa shape index (κ1) is 26.9. The maximum atomic E-state index is 13.9. The summed E-state index contributed by atoms with van der Waals surface area (Å²) in [5, 5.41) is 11.7. The van der Waals surface area contributed by atoms with E-state index in [1.54, 1.807) is 78.9 Å². The predicted molar refractivity (Wildman–Crippen MR) is 151 cm³/mol. The Bertz CT molecular complexity index is 1500. The fraction of sp³-hybridized carbons (Fsp3) is 0.115. The van der Waals surface area contributed by atoms with Gasteiger partial charge in [0.2, 0.25) is 5.13 Å². The van der Waals surface area contributed by atoms with Crippen molar-refractivity contribution >= 4 is 61.4 Å². The van der Waals surface area contributed by atoms with Crippen LogP contribution in [0, 0.1) is 6.92 Å². The molecule has 1 aromatic heterocycles. The molecule has 0 bridgehead atoms. The van der Waals surface area contributed by atoms with Crippen LogP contribution in [0.25, 0.3) is 0 Å². The number of aryl methyl sites for hydroxylation is 1. The molecule has 0 saturated carbocycles. The number of sulfonamides is 1. The second-order valence-electron chi connectivity index (χ2n) is 7.90. The number of thioether (sulfide) groups is 1. The number of aromatic nitrogens is 2. The lowest BCUT2D eigenvalue weighted by molar-refractivity contribution is 0.102. The average Bonchev–Trinajstić information content (AvgIpc) is 3.34. The molecule has 0 aliphatic rings. The number of nitrogens with zero attached hydrogens (tertiary/aromatic N) is 3. The summed E-state index contributed by atoms with van der Waals surface area (Å²) in [4.78, 5) is 13.5. The van der Waals surface area contributed by atoms with Crippen LogP contribution in [0.2, 0.25) is 5.02 Å². The summed E-state index contributed by atoms with van der Waals surface area (Å²) in [7, 11) is -4.03. The Morgan fingerprint density at radius 2 is 1.78 bits per heavy atom. The van der Waals surface area contributed by atoms with E-state index in [0.717, 1.165) is 5.56 Å². The van der Waals surface area contributed by atoms with Gasteiger partial charge in [-0.25, -0.2) is 8.42 Å². The van der Waals surface area contributed by atoms with Gasteiger partial charge in [0.05, 0.1) is 22.7 Å². The van der Waals surface area contributed by atoms with Gasteiger partial charge >= 0.3 is 0 Å². The molecule has 4 rings (SSSR count). The molecule has 190 valence electrons. The minimum atomic E-state index is -4.03. The quantitative estimate of drug-likeness (QED) is 0.134. The van der Waals surface area contributed by atoms with Gasteiger partial charge in [-0.3, -0.25) is 14.4 Å². The van der Waals surface area contributed by atoms with Crippen molar-refractivity contribution in [1.29, 1.82) is 0 Å². The minimum absolute atomic E-state index is 0.00117. The van der Waals surface area contributed by atoms with Crippen LogP contribution < -0.4 is 9.62 Å². The van der Waals surface area contributed by atoms with Gasteiger partial charge in [0, 0.05) is 10.8 Å². The normalized spacial score (nSPS) is 11.2. The lowest BCUT2D eigenvalue weighted by Crippen LogP contribution is -2.32. The molecule has 0 unspecified atom stereocenters. The summed E-state index contributed by atoms with van der Waals surface area (Å²) in [5.74, 6) is 0.175. The van der Waals surface area contributed by atoms with Crippen LogP contribution in [0.3, 0.4) is 0 Å². The first-order chi connectivity index (χ1) is 17.8. The van der Waals surface area contributed by atoms with Crippen molar-refractivity contribution in [3.05, 3.63) is 107 Å². The Labute approximate surface area is 229 Å². The molecule has 1 heterocycles. The predicted octanol–water partition coefficient (Wildman–Crippen LogP) is 6.43. The molecular weight excluding hydrogens is 548 g/mol. The lowest BCUT2D eigenvalue weighted by Gasteiger charge is -2.26. The van der Waals surface area contributed by atoms with Crippen LogP contribution in [-0.4, -0.2) is 30.3 Å². The zero-order valence-corrected chi connectivity index (χ0v) is 23.0. The van der Waals surface area contributed by atoms with E-state index in [9.17, 15) is 13.2 Å². The van der Waals surface area contributed by atoms with E-state index in [1.807, 2.05) is 6.92 Å². The molecule has 0 fully saturated rings. The number of para-hydroxylation sites is 1. The van der Waals surface area contributed by atoms with Crippen molar-refractivity contribution in [3.8, 4) is 0 Å². The monoisotopic (exact) mass is 570 g/mol. The molecule has 4 aromatic rings. The van der Waals surface area contributed by atoms with E-state index in [2.05, 4.69) is 22.1 Å². The summed E-state index contributed by atoms with van der Waals surface area (Å²) in [6, 6.07) is 20.1. The molecule has 0 saturated heterocycles. The average molecular weight is 571 g/mol. The first-order valence-electron chi connectivity index (χ1n) is 11.1. The summed E-state index contributed by atoms with van der Waals surface area (Å²) in [5.41, 5.74) is 2.07. The van der Waals surface area contributed by atoms with E-state index in [4.69, 9.17) is 11.6 Å². The SMILES string of the molecule is C=CCSc1nnc(NC(=O)c2ccccc2N(Cc2ccc(Cl)cc2)S(=O)(=O)c2ccc(C)cc2)s1. The molecule has 0 spiro atoms. The first-order valence-corrected chi connectivity index (χ1v) is 14.7. The topological polar surface area (TPSA) is 92.3 Å². The van der Waals surface area contributed by atoms with Crippen molar-refractivity contribution in [2.24, 2.45) is 0 Å². The number of hydrogen-bond donors (Lipinski definition) is 1. The highest BCUT2D eigenvalue weighted by Crippen LogP contribution is 2.31. The van der Waals surface area contributed by atoms with E-state index in [1.165, 1.54) is 27.4 Å². The number of hydrogen-bond acceptors (Lipinski definition) is 7. The maximum absolute atomic E-state index is 13.9. The molecule has 0 aliphatic carbocycles. The molecule has 11 heteroatoms. The highest BCUT2D eigenvalue weighted by molar-refractivity contribution is 8.01. The van der Waals surface area contributed by atoms with Gasteiger partial charge in [0.1, 0.15) is 0 Å². The van der Waals surface area contributed by atoms with Gasteiger partial charge in [0.25, 0.3) is 15.9 Å². The molecule has 1 N–H and O–H groups in total. The van der Waals surface area contributed by atoms with Crippen LogP contribution in [0.4, 0.5) is 10.8 Å². The second kappa shape index (κ2) is 11.9. The Balaban J connectivity index is 1.72. The van der Waals surface area contributed by atoms with Gasteiger partial charge < -0.3 is 0 Å². The van der Waals surface area contributed by atoms with E-state index < -0.39 is 15.9 Å². The van der Waals surface area contributed by atoms with Crippen LogP contribution in [0.5, 0.6) is 0 Å². The fourth-order valence-corrected chi connectivity index (χ4v) is 6.49. The van der Waals surface area contributed by atoms with Crippen molar-refractivity contribution in [2.45, 2.75) is 22.7 Å². The number of amides is 1. The Kier molecular flexibility index (Phi) is 8.65. The molecule has 0 atom stereocenters. The second-order valence-corrected chi connectivity index (χ2v) is 12.4. The highest BCUT2D eigenvalue weighted by Gasteiger charge is 2.29. The molecule has 0 aliphatic heterocycles. The van der Waals surface area contributed by atoms with E-state index in [-0.39, 0.29) is 22.7 Å². The zero-order chi connectivity index (χ0) is 26.4. The van der Waals surface area contributed by atoms with Crippen LogP contribution in [-0.2, 0) is 16.6 Å². The van der Waals surface area contributed by atoms with Gasteiger partial charge in [-0.1, -0.05) is 82.7 Å². The molecule has 0 radical (unpaired) electrons. The summed E-state index contributed by atoms with van der Waals surface area (Å²) in [6.45, 7) is 5.57. The number of nitrogens with one attached hydrogen (secondary N) is 1. The third-order valence-electron chi connectivity index (χ3n) is 5.22. The molecular formula is C26H23ClN4O3S3. The van der Waals surface area contributed by atoms with Gasteiger partial charge in [0.15, 0.2) is 4.34 Å². The van der Waals surface area contributed by atoms with Crippen LogP contribution in [0.1, 0.15) is 21.5 Å². The summed E-state index contributed by atoms with van der Waals surface area (Å²) in [6.07, 6.45) is 1.75. The largest absolute Gasteiger partial charge is 0.296 e. The van der Waals surface area contributed by atoms with Crippen LogP contribution >= 0.6 is 34.7 Å². The number of anilines is 2. The van der Waals surface area contributed by atoms with Gasteiger partial charge in [-0.15, -0.1) is 16.8 Å². The number of benzene rings is 3. The summed E-state index contributed by atoms with van der Waals surface area (Å²) < 4.78 is 29.7. The van der Waals surface area contributed by atoms with Crippen molar-refractivity contribution in [2.75, 3.05) is 15.4 Å². The van der Waals surface area contributed by atoms with Crippen LogP contribution in [0.15, 0.2) is 94.7 Å². The molecule has 7 nitrogen and oxygen atoms in total. The molecule has 37 heavy (non-hydrogen) atoms. The number of carbonyl (C=O) groups is 1. The molecule has 1 amide bonds. The number of halogens is 1. The smallest absolute Gasteiger partial charge is 0.264 e. The third-order valence-corrected chi connectivity index (χ3v) is 9.21. The Morgan fingerprint density at radius 3 is 2.49 bits per heavy atom. The van der Waals surface area contributed by atoms with Gasteiger partial charge in [-0.05, 0) is 48.9 Å². The van der Waals surface area contributed by atoms with Crippen molar-refractivity contribution < 1.29 is 13.2 Å². The van der Waals surface area contributed by atoms with Crippen molar-refractivity contribution in [1.82, 2.24) is 10.2 Å². The standard InChI is InChI=1S/C26H23ClN4O3S3/c1-3-16-35-26-30-29-25(36-26)28-24(32)22-6-4-5-7-23(22)31(17-19-10-12-20(27)13-11-19)37(33,34)21-14-8-18(2)9-15-21/h3-15H,1,16-17H2,2H3,(H,28,29,32). The fourth-order valence-electron chi connectivity index (χ4n) is 3.39. The third kappa shape index (κ3) is 6.58. The number of carbonyl (C=O) groups excluding carboxylic acids is 1. The summed E-state index contributed by atoms with van der Waals surface area (Å²) >= 11 is 8.73. The van der Waals surface area contributed by atoms with E-state index in [0.29, 0.717) is 25.8 Å². The minimum Gasteiger partial charge on any atom is -0.296 e. The highest BCUT2D eigenvalue weighted by atomic mass is 35.5. The van der Waals surface area contributed by atoms with Gasteiger partial charge in [-0.2, -0.15) is 0 Å². The maximum Gasteiger partial charge on any atom is 0.264 e. The molecule has 3 aromatic carbocycles. The lowest BCUT2D eigenvalue weighted by atomic mass is 10.1. The van der Waals surface area contributed by atoms with E-state index >= 15 is 0 Å². The van der Waals surface area contributed by atoms with Crippen molar-refractivity contribution in [3.63, 3.8) is 0 Å². The number of rotatable bonds is 10. The zero-order valence-electron chi connectivity index (χ0n) is 19.8. The Hall–Kier alpha value is -3.18. The Morgan fingerprint density at radius 1 is 1.08 bits per heavy atom.